The molecule has 1 N–H and O–H groups in total. The minimum Gasteiger partial charge on any atom is -0.356 e. The number of benzene rings is 1. The number of anilines is 2. The van der Waals surface area contributed by atoms with Crippen molar-refractivity contribution >= 4 is 28.8 Å². The van der Waals surface area contributed by atoms with Crippen molar-refractivity contribution in [2.24, 2.45) is 0 Å². The van der Waals surface area contributed by atoms with Crippen molar-refractivity contribution in [1.82, 2.24) is 9.97 Å². The van der Waals surface area contributed by atoms with Crippen LogP contribution in [0, 0.1) is 0 Å². The van der Waals surface area contributed by atoms with Gasteiger partial charge in [0.1, 0.15) is 12.1 Å². The van der Waals surface area contributed by atoms with Crippen molar-refractivity contribution in [3.05, 3.63) is 24.5 Å². The van der Waals surface area contributed by atoms with Crippen LogP contribution in [0.1, 0.15) is 12.8 Å². The minimum absolute atomic E-state index is 0.670. The third-order valence-electron chi connectivity index (χ3n) is 3.25. The molecule has 3 rings (SSSR count). The van der Waals surface area contributed by atoms with Gasteiger partial charge in [0, 0.05) is 24.2 Å². The van der Waals surface area contributed by atoms with Crippen LogP contribution >= 0.6 is 0 Å². The van der Waals surface area contributed by atoms with Crippen LogP contribution in [0.3, 0.4) is 0 Å². The van der Waals surface area contributed by atoms with Gasteiger partial charge in [0.05, 0.1) is 5.52 Å². The second-order valence-corrected chi connectivity index (χ2v) is 4.39. The van der Waals surface area contributed by atoms with Crippen LogP contribution in [0.4, 0.5) is 11.5 Å². The van der Waals surface area contributed by atoms with E-state index in [1.807, 2.05) is 18.2 Å². The summed E-state index contributed by atoms with van der Waals surface area (Å²) in [6, 6.07) is 5.71. The van der Waals surface area contributed by atoms with Gasteiger partial charge in [-0.25, -0.2) is 9.97 Å². The zero-order valence-corrected chi connectivity index (χ0v) is 9.97. The minimum atomic E-state index is 0.670. The first-order valence-corrected chi connectivity index (χ1v) is 6.08. The molecular formula is C13H14N4O. The number of aromatic nitrogens is 2. The Morgan fingerprint density at radius 3 is 2.83 bits per heavy atom. The predicted octanol–water partition coefficient (Wildman–Crippen LogP) is 1.80. The maximum Gasteiger partial charge on any atom is 0.211 e. The second kappa shape index (κ2) is 4.60. The average Bonchev–Trinajstić information content (AvgIpc) is 2.92. The molecule has 18 heavy (non-hydrogen) atoms. The smallest absolute Gasteiger partial charge is 0.211 e. The van der Waals surface area contributed by atoms with E-state index in [2.05, 4.69) is 20.2 Å². The monoisotopic (exact) mass is 242 g/mol. The van der Waals surface area contributed by atoms with Crippen molar-refractivity contribution in [3.8, 4) is 0 Å². The zero-order valence-electron chi connectivity index (χ0n) is 9.97. The van der Waals surface area contributed by atoms with Crippen LogP contribution in [0.2, 0.25) is 0 Å². The Labute approximate surface area is 105 Å². The van der Waals surface area contributed by atoms with Gasteiger partial charge in [0.2, 0.25) is 6.41 Å². The molecule has 0 aliphatic carbocycles. The fourth-order valence-electron chi connectivity index (χ4n) is 2.38. The van der Waals surface area contributed by atoms with Crippen molar-refractivity contribution in [2.45, 2.75) is 12.8 Å². The molecule has 1 fully saturated rings. The molecule has 1 aromatic carbocycles. The van der Waals surface area contributed by atoms with E-state index in [0.29, 0.717) is 6.41 Å². The van der Waals surface area contributed by atoms with E-state index in [1.54, 1.807) is 6.33 Å². The molecule has 0 saturated carbocycles. The number of nitrogens with zero attached hydrogens (tertiary/aromatic N) is 3. The highest BCUT2D eigenvalue weighted by atomic mass is 16.1. The van der Waals surface area contributed by atoms with Crippen LogP contribution in [0.25, 0.3) is 10.9 Å². The molecular weight excluding hydrogens is 228 g/mol. The Balaban J connectivity index is 2.07. The first-order chi connectivity index (χ1) is 8.88. The maximum atomic E-state index is 10.4. The Kier molecular flexibility index (Phi) is 2.80. The third-order valence-corrected chi connectivity index (χ3v) is 3.25. The lowest BCUT2D eigenvalue weighted by Crippen LogP contribution is -2.19. The lowest BCUT2D eigenvalue weighted by atomic mass is 10.2. The fourth-order valence-corrected chi connectivity index (χ4v) is 2.38. The molecule has 1 amide bonds. The molecule has 2 heterocycles. The maximum absolute atomic E-state index is 10.4. The molecule has 0 spiro atoms. The van der Waals surface area contributed by atoms with Gasteiger partial charge in [-0.3, -0.25) is 4.79 Å². The molecule has 92 valence electrons. The number of fused-ring (bicyclic) bond motifs is 1. The fraction of sp³-hybridized carbons (Fsp3) is 0.308. The average molecular weight is 242 g/mol. The number of carbonyl (C=O) groups excluding carboxylic acids is 1. The largest absolute Gasteiger partial charge is 0.356 e. The van der Waals surface area contributed by atoms with Gasteiger partial charge in [-0.1, -0.05) is 0 Å². The second-order valence-electron chi connectivity index (χ2n) is 4.39. The standard InChI is InChI=1S/C13H14N4O/c18-9-16-10-3-4-11-12(7-10)14-8-15-13(11)17-5-1-2-6-17/h3-4,7-9H,1-2,5-6H2,(H,16,18). The summed E-state index contributed by atoms with van der Waals surface area (Å²) in [7, 11) is 0. The molecule has 0 atom stereocenters. The normalized spacial score (nSPS) is 15.0. The van der Waals surface area contributed by atoms with Crippen molar-refractivity contribution in [2.75, 3.05) is 23.3 Å². The number of rotatable bonds is 3. The summed E-state index contributed by atoms with van der Waals surface area (Å²) in [6.07, 6.45) is 4.69. The molecule has 1 saturated heterocycles. The van der Waals surface area contributed by atoms with E-state index in [-0.39, 0.29) is 0 Å². The number of nitrogens with one attached hydrogen (secondary N) is 1. The summed E-state index contributed by atoms with van der Waals surface area (Å²) < 4.78 is 0. The van der Waals surface area contributed by atoms with Crippen molar-refractivity contribution in [3.63, 3.8) is 0 Å². The van der Waals surface area contributed by atoms with E-state index < -0.39 is 0 Å². The van der Waals surface area contributed by atoms with E-state index in [4.69, 9.17) is 0 Å². The molecule has 5 nitrogen and oxygen atoms in total. The number of hydrogen-bond acceptors (Lipinski definition) is 4. The summed E-state index contributed by atoms with van der Waals surface area (Å²) in [4.78, 5) is 21.4. The first kappa shape index (κ1) is 11.0. The summed E-state index contributed by atoms with van der Waals surface area (Å²) in [5, 5.41) is 3.67. The summed E-state index contributed by atoms with van der Waals surface area (Å²) in [6.45, 7) is 2.11. The van der Waals surface area contributed by atoms with Gasteiger partial charge in [-0.2, -0.15) is 0 Å². The Morgan fingerprint density at radius 2 is 2.06 bits per heavy atom. The topological polar surface area (TPSA) is 58.1 Å². The van der Waals surface area contributed by atoms with Crippen LogP contribution < -0.4 is 10.2 Å². The lowest BCUT2D eigenvalue weighted by Gasteiger charge is -2.17. The van der Waals surface area contributed by atoms with Crippen molar-refractivity contribution in [1.29, 1.82) is 0 Å². The number of hydrogen-bond donors (Lipinski definition) is 1. The Hall–Kier alpha value is -2.17. The molecule has 0 unspecified atom stereocenters. The summed E-state index contributed by atoms with van der Waals surface area (Å²) >= 11 is 0. The molecule has 1 aliphatic rings. The van der Waals surface area contributed by atoms with E-state index in [1.165, 1.54) is 12.8 Å². The molecule has 1 aromatic heterocycles. The van der Waals surface area contributed by atoms with Gasteiger partial charge < -0.3 is 10.2 Å². The van der Waals surface area contributed by atoms with E-state index >= 15 is 0 Å². The number of carbonyl (C=O) groups is 1. The molecule has 0 bridgehead atoms. The number of amides is 1. The van der Waals surface area contributed by atoms with Gasteiger partial charge in [0.15, 0.2) is 0 Å². The lowest BCUT2D eigenvalue weighted by molar-refractivity contribution is -0.105. The SMILES string of the molecule is O=CNc1ccc2c(N3CCCC3)ncnc2c1. The van der Waals surface area contributed by atoms with Gasteiger partial charge in [-0.05, 0) is 31.0 Å². The highest BCUT2D eigenvalue weighted by molar-refractivity contribution is 5.92. The predicted molar refractivity (Wildman–Crippen MR) is 70.7 cm³/mol. The molecule has 5 heteroatoms. The van der Waals surface area contributed by atoms with E-state index in [9.17, 15) is 4.79 Å². The quantitative estimate of drug-likeness (QED) is 0.834. The zero-order chi connectivity index (χ0) is 12.4. The molecule has 2 aromatic rings. The Morgan fingerprint density at radius 1 is 1.22 bits per heavy atom. The van der Waals surface area contributed by atoms with Crippen molar-refractivity contribution < 1.29 is 4.79 Å². The molecule has 1 aliphatic heterocycles. The van der Waals surface area contributed by atoms with Crippen LogP contribution in [0.15, 0.2) is 24.5 Å². The van der Waals surface area contributed by atoms with Crippen LogP contribution in [-0.4, -0.2) is 29.5 Å². The third kappa shape index (κ3) is 1.88. The molecule has 0 radical (unpaired) electrons. The Bertz CT molecular complexity index is 578. The highest BCUT2D eigenvalue weighted by Gasteiger charge is 2.16. The summed E-state index contributed by atoms with van der Waals surface area (Å²) in [5.74, 6) is 0.996. The van der Waals surface area contributed by atoms with Gasteiger partial charge in [0.25, 0.3) is 0 Å². The van der Waals surface area contributed by atoms with Gasteiger partial charge in [-0.15, -0.1) is 0 Å². The van der Waals surface area contributed by atoms with Crippen LogP contribution in [0.5, 0.6) is 0 Å². The van der Waals surface area contributed by atoms with E-state index in [0.717, 1.165) is 35.5 Å². The first-order valence-electron chi connectivity index (χ1n) is 6.08. The van der Waals surface area contributed by atoms with Crippen LogP contribution in [-0.2, 0) is 4.79 Å². The summed E-state index contributed by atoms with van der Waals surface area (Å²) in [5.41, 5.74) is 1.61. The highest BCUT2D eigenvalue weighted by Crippen LogP contribution is 2.27. The van der Waals surface area contributed by atoms with Gasteiger partial charge >= 0.3 is 0 Å².